The van der Waals surface area contributed by atoms with Crippen LogP contribution in [0.25, 0.3) is 0 Å². The summed E-state index contributed by atoms with van der Waals surface area (Å²) in [6, 6.07) is 10.5. The van der Waals surface area contributed by atoms with Crippen molar-refractivity contribution in [2.45, 2.75) is 20.8 Å². The van der Waals surface area contributed by atoms with Crippen molar-refractivity contribution in [3.63, 3.8) is 0 Å². The van der Waals surface area contributed by atoms with Crippen LogP contribution in [0.1, 0.15) is 47.8 Å². The first-order valence-corrected chi connectivity index (χ1v) is 8.10. The Hall–Kier alpha value is -2.95. The Balaban J connectivity index is 1.66. The van der Waals surface area contributed by atoms with Crippen molar-refractivity contribution in [3.8, 4) is 0 Å². The molecule has 2 aromatic carbocycles. The summed E-state index contributed by atoms with van der Waals surface area (Å²) < 4.78 is 5.30. The molecule has 3 rings (SSSR count). The van der Waals surface area contributed by atoms with E-state index in [0.29, 0.717) is 16.7 Å². The number of imide groups is 1. The van der Waals surface area contributed by atoms with Crippen LogP contribution in [0, 0.1) is 20.8 Å². The zero-order valence-corrected chi connectivity index (χ0v) is 14.5. The van der Waals surface area contributed by atoms with Crippen molar-refractivity contribution in [3.05, 3.63) is 69.8 Å². The number of carbonyl (C=O) groups excluding carboxylic acids is 3. The summed E-state index contributed by atoms with van der Waals surface area (Å²) in [5.41, 5.74) is 4.10. The monoisotopic (exact) mass is 337 g/mol. The number of ether oxygens (including phenoxy) is 1. The summed E-state index contributed by atoms with van der Waals surface area (Å²) in [4.78, 5) is 38.0. The lowest BCUT2D eigenvalue weighted by Gasteiger charge is -2.15. The second kappa shape index (κ2) is 6.51. The standard InChI is InChI=1S/C20H19NO4/c1-12-10-13(2)17(14(3)11-12)20(24)25-9-8-21-18(22)15-6-4-5-7-16(15)19(21)23/h4-7,10-11H,8-9H2,1-3H3. The Labute approximate surface area is 146 Å². The van der Waals surface area contributed by atoms with Gasteiger partial charge in [-0.3, -0.25) is 14.5 Å². The SMILES string of the molecule is Cc1cc(C)c(C(=O)OCCN2C(=O)c3ccccc3C2=O)c(C)c1. The maximum atomic E-state index is 12.3. The van der Waals surface area contributed by atoms with Crippen LogP contribution >= 0.6 is 0 Å². The van der Waals surface area contributed by atoms with Crippen LogP contribution < -0.4 is 0 Å². The average Bonchev–Trinajstić information content (AvgIpc) is 2.79. The first-order chi connectivity index (χ1) is 11.9. The average molecular weight is 337 g/mol. The van der Waals surface area contributed by atoms with E-state index in [2.05, 4.69) is 0 Å². The maximum Gasteiger partial charge on any atom is 0.338 e. The highest BCUT2D eigenvalue weighted by Crippen LogP contribution is 2.22. The third kappa shape index (κ3) is 3.05. The molecule has 25 heavy (non-hydrogen) atoms. The molecule has 1 heterocycles. The van der Waals surface area contributed by atoms with E-state index in [9.17, 15) is 14.4 Å². The fourth-order valence-electron chi connectivity index (χ4n) is 3.25. The molecule has 0 unspecified atom stereocenters. The second-order valence-electron chi connectivity index (χ2n) is 6.22. The van der Waals surface area contributed by atoms with Crippen LogP contribution in [-0.4, -0.2) is 35.8 Å². The number of aryl methyl sites for hydroxylation is 3. The number of hydrogen-bond acceptors (Lipinski definition) is 4. The maximum absolute atomic E-state index is 12.3. The Bertz CT molecular complexity index is 827. The van der Waals surface area contributed by atoms with Crippen LogP contribution in [0.2, 0.25) is 0 Å². The number of fused-ring (bicyclic) bond motifs is 1. The summed E-state index contributed by atoms with van der Waals surface area (Å²) in [6.45, 7) is 5.71. The van der Waals surface area contributed by atoms with Crippen LogP contribution in [0.5, 0.6) is 0 Å². The molecule has 5 nitrogen and oxygen atoms in total. The number of nitrogens with zero attached hydrogens (tertiary/aromatic N) is 1. The summed E-state index contributed by atoms with van der Waals surface area (Å²) >= 11 is 0. The molecular weight excluding hydrogens is 318 g/mol. The van der Waals surface area contributed by atoms with Crippen LogP contribution in [0.15, 0.2) is 36.4 Å². The lowest BCUT2D eigenvalue weighted by Crippen LogP contribution is -2.33. The van der Waals surface area contributed by atoms with Crippen LogP contribution in [0.3, 0.4) is 0 Å². The van der Waals surface area contributed by atoms with E-state index < -0.39 is 5.97 Å². The summed E-state index contributed by atoms with van der Waals surface area (Å²) in [6.07, 6.45) is 0. The van der Waals surface area contributed by atoms with Gasteiger partial charge in [-0.2, -0.15) is 0 Å². The van der Waals surface area contributed by atoms with E-state index in [4.69, 9.17) is 4.74 Å². The second-order valence-corrected chi connectivity index (χ2v) is 6.22. The van der Waals surface area contributed by atoms with E-state index in [1.54, 1.807) is 24.3 Å². The lowest BCUT2D eigenvalue weighted by molar-refractivity contribution is 0.0419. The number of hydrogen-bond donors (Lipinski definition) is 0. The first-order valence-electron chi connectivity index (χ1n) is 8.10. The fraction of sp³-hybridized carbons (Fsp3) is 0.250. The van der Waals surface area contributed by atoms with E-state index in [1.165, 1.54) is 0 Å². The minimum Gasteiger partial charge on any atom is -0.460 e. The van der Waals surface area contributed by atoms with Gasteiger partial charge in [0.15, 0.2) is 0 Å². The van der Waals surface area contributed by atoms with Crippen molar-refractivity contribution in [2.75, 3.05) is 13.2 Å². The quantitative estimate of drug-likeness (QED) is 0.635. The summed E-state index contributed by atoms with van der Waals surface area (Å²) in [7, 11) is 0. The minimum atomic E-state index is -0.438. The van der Waals surface area contributed by atoms with Gasteiger partial charge in [-0.25, -0.2) is 4.79 Å². The molecule has 0 N–H and O–H groups in total. The molecule has 1 aliphatic rings. The highest BCUT2D eigenvalue weighted by atomic mass is 16.5. The van der Waals surface area contributed by atoms with Gasteiger partial charge in [0.2, 0.25) is 0 Å². The minimum absolute atomic E-state index is 0.0307. The zero-order valence-electron chi connectivity index (χ0n) is 14.5. The van der Waals surface area contributed by atoms with Gasteiger partial charge in [-0.1, -0.05) is 29.8 Å². The number of benzene rings is 2. The molecule has 0 saturated carbocycles. The van der Waals surface area contributed by atoms with Crippen LogP contribution in [-0.2, 0) is 4.74 Å². The van der Waals surface area contributed by atoms with Gasteiger partial charge in [-0.15, -0.1) is 0 Å². The lowest BCUT2D eigenvalue weighted by atomic mass is 10.00. The predicted molar refractivity (Wildman–Crippen MR) is 92.7 cm³/mol. The molecule has 2 aromatic rings. The summed E-state index contributed by atoms with van der Waals surface area (Å²) in [5, 5.41) is 0. The number of rotatable bonds is 4. The van der Waals surface area contributed by atoms with E-state index >= 15 is 0 Å². The molecule has 0 atom stereocenters. The Morgan fingerprint density at radius 1 is 0.960 bits per heavy atom. The van der Waals surface area contributed by atoms with Gasteiger partial charge in [0.1, 0.15) is 6.61 Å². The molecule has 1 aliphatic heterocycles. The van der Waals surface area contributed by atoms with E-state index in [0.717, 1.165) is 21.6 Å². The largest absolute Gasteiger partial charge is 0.460 e. The molecule has 2 amide bonds. The molecule has 128 valence electrons. The predicted octanol–water partition coefficient (Wildman–Crippen LogP) is 3.06. The van der Waals surface area contributed by atoms with Gasteiger partial charge in [0, 0.05) is 0 Å². The van der Waals surface area contributed by atoms with Crippen molar-refractivity contribution < 1.29 is 19.1 Å². The number of carbonyl (C=O) groups is 3. The number of esters is 1. The number of amides is 2. The van der Waals surface area contributed by atoms with Crippen molar-refractivity contribution in [1.82, 2.24) is 4.90 Å². The van der Waals surface area contributed by atoms with Gasteiger partial charge in [-0.05, 0) is 44.0 Å². The molecule has 0 aromatic heterocycles. The fourth-order valence-corrected chi connectivity index (χ4v) is 3.25. The summed E-state index contributed by atoms with van der Waals surface area (Å²) in [5.74, 6) is -1.13. The van der Waals surface area contributed by atoms with E-state index in [1.807, 2.05) is 32.9 Å². The highest BCUT2D eigenvalue weighted by molar-refractivity contribution is 6.21. The first kappa shape index (κ1) is 16.9. The topological polar surface area (TPSA) is 63.7 Å². The Morgan fingerprint density at radius 3 is 2.00 bits per heavy atom. The van der Waals surface area contributed by atoms with Gasteiger partial charge in [0.25, 0.3) is 11.8 Å². The zero-order chi connectivity index (χ0) is 18.1. The molecule has 0 radical (unpaired) electrons. The van der Waals surface area contributed by atoms with Crippen molar-refractivity contribution in [1.29, 1.82) is 0 Å². The van der Waals surface area contributed by atoms with Gasteiger partial charge in [0.05, 0.1) is 23.2 Å². The highest BCUT2D eigenvalue weighted by Gasteiger charge is 2.34. The molecule has 5 heteroatoms. The van der Waals surface area contributed by atoms with Crippen molar-refractivity contribution >= 4 is 17.8 Å². The molecule has 0 saturated heterocycles. The molecule has 0 fully saturated rings. The smallest absolute Gasteiger partial charge is 0.338 e. The molecule has 0 aliphatic carbocycles. The molecular formula is C20H19NO4. The third-order valence-corrected chi connectivity index (χ3v) is 4.31. The van der Waals surface area contributed by atoms with Crippen molar-refractivity contribution in [2.24, 2.45) is 0 Å². The van der Waals surface area contributed by atoms with Gasteiger partial charge < -0.3 is 4.74 Å². The van der Waals surface area contributed by atoms with Crippen LogP contribution in [0.4, 0.5) is 0 Å². The molecule has 0 bridgehead atoms. The molecule has 0 spiro atoms. The van der Waals surface area contributed by atoms with E-state index in [-0.39, 0.29) is 25.0 Å². The Morgan fingerprint density at radius 2 is 1.48 bits per heavy atom. The Kier molecular flexibility index (Phi) is 4.40. The van der Waals surface area contributed by atoms with Gasteiger partial charge >= 0.3 is 5.97 Å². The normalized spacial score (nSPS) is 13.2. The third-order valence-electron chi connectivity index (χ3n) is 4.31.